The SMILES string of the molecule is CSc1nc(C)c(C2CC2)c(Cl)n1. The van der Waals surface area contributed by atoms with Crippen LogP contribution in [0.1, 0.15) is 30.0 Å². The van der Waals surface area contributed by atoms with Gasteiger partial charge in [-0.25, -0.2) is 9.97 Å². The highest BCUT2D eigenvalue weighted by atomic mass is 35.5. The van der Waals surface area contributed by atoms with Gasteiger partial charge in [0, 0.05) is 11.3 Å². The lowest BCUT2D eigenvalue weighted by Gasteiger charge is -2.06. The molecule has 1 aromatic rings. The molecule has 0 atom stereocenters. The molecule has 4 heteroatoms. The van der Waals surface area contributed by atoms with Crippen molar-refractivity contribution in [2.24, 2.45) is 0 Å². The number of hydrogen-bond donors (Lipinski definition) is 0. The molecule has 1 saturated carbocycles. The molecule has 0 unspecified atom stereocenters. The molecule has 0 amide bonds. The molecule has 2 nitrogen and oxygen atoms in total. The quantitative estimate of drug-likeness (QED) is 0.430. The van der Waals surface area contributed by atoms with Crippen molar-refractivity contribution in [3.63, 3.8) is 0 Å². The average molecular weight is 215 g/mol. The Morgan fingerprint density at radius 3 is 2.54 bits per heavy atom. The highest BCUT2D eigenvalue weighted by molar-refractivity contribution is 7.98. The fraction of sp³-hybridized carbons (Fsp3) is 0.556. The lowest BCUT2D eigenvalue weighted by atomic mass is 10.1. The van der Waals surface area contributed by atoms with Crippen molar-refractivity contribution in [3.05, 3.63) is 16.4 Å². The maximum Gasteiger partial charge on any atom is 0.188 e. The van der Waals surface area contributed by atoms with Crippen LogP contribution in [0.25, 0.3) is 0 Å². The second-order valence-corrected chi connectivity index (χ2v) is 4.41. The van der Waals surface area contributed by atoms with Gasteiger partial charge >= 0.3 is 0 Å². The molecule has 0 aromatic carbocycles. The van der Waals surface area contributed by atoms with Crippen molar-refractivity contribution in [2.45, 2.75) is 30.8 Å². The van der Waals surface area contributed by atoms with Crippen LogP contribution in [0.4, 0.5) is 0 Å². The summed E-state index contributed by atoms with van der Waals surface area (Å²) in [5.41, 5.74) is 2.21. The van der Waals surface area contributed by atoms with E-state index in [1.807, 2.05) is 13.2 Å². The molecule has 0 saturated heterocycles. The van der Waals surface area contributed by atoms with Crippen molar-refractivity contribution in [3.8, 4) is 0 Å². The Hall–Kier alpha value is -0.280. The van der Waals surface area contributed by atoms with E-state index in [2.05, 4.69) is 9.97 Å². The van der Waals surface area contributed by atoms with E-state index >= 15 is 0 Å². The molecule has 1 aliphatic carbocycles. The first kappa shape index (κ1) is 9.28. The van der Waals surface area contributed by atoms with E-state index in [1.54, 1.807) is 0 Å². The van der Waals surface area contributed by atoms with Gasteiger partial charge in [-0.2, -0.15) is 0 Å². The number of aromatic nitrogens is 2. The number of nitrogens with zero attached hydrogens (tertiary/aromatic N) is 2. The predicted octanol–water partition coefficient (Wildman–Crippen LogP) is 3.04. The summed E-state index contributed by atoms with van der Waals surface area (Å²) >= 11 is 7.62. The number of hydrogen-bond acceptors (Lipinski definition) is 3. The van der Waals surface area contributed by atoms with Crippen molar-refractivity contribution in [1.29, 1.82) is 0 Å². The largest absolute Gasteiger partial charge is 0.228 e. The molecule has 1 aliphatic rings. The summed E-state index contributed by atoms with van der Waals surface area (Å²) < 4.78 is 0. The Bertz CT molecular complexity index is 313. The van der Waals surface area contributed by atoms with Gasteiger partial charge in [-0.05, 0) is 31.9 Å². The van der Waals surface area contributed by atoms with E-state index in [0.717, 1.165) is 10.9 Å². The minimum atomic E-state index is 0.628. The number of halogens is 1. The fourth-order valence-electron chi connectivity index (χ4n) is 1.45. The standard InChI is InChI=1S/C9H11ClN2S/c1-5-7(6-3-4-6)8(10)12-9(11-5)13-2/h6H,3-4H2,1-2H3. The summed E-state index contributed by atoms with van der Waals surface area (Å²) in [6.07, 6.45) is 4.44. The van der Waals surface area contributed by atoms with Gasteiger partial charge in [0.15, 0.2) is 5.16 Å². The van der Waals surface area contributed by atoms with E-state index in [0.29, 0.717) is 11.1 Å². The first-order valence-electron chi connectivity index (χ1n) is 4.30. The molecular formula is C9H11ClN2S. The van der Waals surface area contributed by atoms with Crippen LogP contribution in [0.2, 0.25) is 5.15 Å². The molecule has 1 heterocycles. The van der Waals surface area contributed by atoms with Gasteiger partial charge in [0.2, 0.25) is 0 Å². The Labute approximate surface area is 87.1 Å². The zero-order chi connectivity index (χ0) is 9.42. The summed E-state index contributed by atoms with van der Waals surface area (Å²) in [5.74, 6) is 0.628. The van der Waals surface area contributed by atoms with Crippen molar-refractivity contribution in [2.75, 3.05) is 6.26 Å². The number of aryl methyl sites for hydroxylation is 1. The number of rotatable bonds is 2. The van der Waals surface area contributed by atoms with Crippen LogP contribution in [0.3, 0.4) is 0 Å². The highest BCUT2D eigenvalue weighted by Crippen LogP contribution is 2.44. The predicted molar refractivity (Wildman–Crippen MR) is 55.5 cm³/mol. The van der Waals surface area contributed by atoms with Gasteiger partial charge in [0.1, 0.15) is 5.15 Å². The van der Waals surface area contributed by atoms with E-state index in [1.165, 1.54) is 30.2 Å². The second kappa shape index (κ2) is 3.46. The summed E-state index contributed by atoms with van der Waals surface area (Å²) in [6, 6.07) is 0. The van der Waals surface area contributed by atoms with Crippen molar-refractivity contribution >= 4 is 23.4 Å². The van der Waals surface area contributed by atoms with E-state index < -0.39 is 0 Å². The topological polar surface area (TPSA) is 25.8 Å². The van der Waals surface area contributed by atoms with Crippen molar-refractivity contribution in [1.82, 2.24) is 9.97 Å². The summed E-state index contributed by atoms with van der Waals surface area (Å²) in [4.78, 5) is 8.61. The minimum absolute atomic E-state index is 0.628. The van der Waals surface area contributed by atoms with Crippen LogP contribution in [0.5, 0.6) is 0 Å². The first-order chi connectivity index (χ1) is 6.22. The molecule has 2 rings (SSSR count). The summed E-state index contributed by atoms with van der Waals surface area (Å²) in [6.45, 7) is 2.01. The third-order valence-corrected chi connectivity index (χ3v) is 3.07. The van der Waals surface area contributed by atoms with Gasteiger partial charge in [0.05, 0.1) is 0 Å². The summed E-state index contributed by atoms with van der Waals surface area (Å²) in [5, 5.41) is 1.42. The average Bonchev–Trinajstić information content (AvgIpc) is 2.87. The van der Waals surface area contributed by atoms with Gasteiger partial charge < -0.3 is 0 Å². The fourth-order valence-corrected chi connectivity index (χ4v) is 2.28. The Morgan fingerprint density at radius 1 is 1.38 bits per heavy atom. The van der Waals surface area contributed by atoms with E-state index in [4.69, 9.17) is 11.6 Å². The van der Waals surface area contributed by atoms with E-state index in [9.17, 15) is 0 Å². The van der Waals surface area contributed by atoms with Crippen molar-refractivity contribution < 1.29 is 0 Å². The van der Waals surface area contributed by atoms with Crippen LogP contribution in [-0.4, -0.2) is 16.2 Å². The molecule has 0 N–H and O–H groups in total. The van der Waals surface area contributed by atoms with Crippen LogP contribution in [-0.2, 0) is 0 Å². The minimum Gasteiger partial charge on any atom is -0.228 e. The molecule has 70 valence electrons. The molecule has 1 fully saturated rings. The second-order valence-electron chi connectivity index (χ2n) is 3.27. The van der Waals surface area contributed by atoms with Crippen LogP contribution < -0.4 is 0 Å². The van der Waals surface area contributed by atoms with Gasteiger partial charge in [-0.1, -0.05) is 23.4 Å². The zero-order valence-electron chi connectivity index (χ0n) is 7.67. The molecule has 13 heavy (non-hydrogen) atoms. The molecular weight excluding hydrogens is 204 g/mol. The smallest absolute Gasteiger partial charge is 0.188 e. The number of thioether (sulfide) groups is 1. The van der Waals surface area contributed by atoms with Crippen LogP contribution >= 0.6 is 23.4 Å². The molecule has 0 radical (unpaired) electrons. The lowest BCUT2D eigenvalue weighted by Crippen LogP contribution is -1.97. The monoisotopic (exact) mass is 214 g/mol. The Kier molecular flexibility index (Phi) is 2.47. The third-order valence-electron chi connectivity index (χ3n) is 2.24. The lowest BCUT2D eigenvalue weighted by molar-refractivity contribution is 0.886. The molecule has 0 bridgehead atoms. The highest BCUT2D eigenvalue weighted by Gasteiger charge is 2.29. The van der Waals surface area contributed by atoms with Crippen LogP contribution in [0.15, 0.2) is 5.16 Å². The summed E-state index contributed by atoms with van der Waals surface area (Å²) in [7, 11) is 0. The molecule has 0 aliphatic heterocycles. The van der Waals surface area contributed by atoms with Gasteiger partial charge in [-0.3, -0.25) is 0 Å². The molecule has 1 aromatic heterocycles. The van der Waals surface area contributed by atoms with Gasteiger partial charge in [0.25, 0.3) is 0 Å². The normalized spacial score (nSPS) is 16.2. The maximum absolute atomic E-state index is 6.08. The Morgan fingerprint density at radius 2 is 2.08 bits per heavy atom. The maximum atomic E-state index is 6.08. The zero-order valence-corrected chi connectivity index (χ0v) is 9.24. The van der Waals surface area contributed by atoms with Crippen LogP contribution in [0, 0.1) is 6.92 Å². The third kappa shape index (κ3) is 1.81. The molecule has 0 spiro atoms. The van der Waals surface area contributed by atoms with Gasteiger partial charge in [-0.15, -0.1) is 0 Å². The Balaban J connectivity index is 2.44. The van der Waals surface area contributed by atoms with E-state index in [-0.39, 0.29) is 0 Å². The first-order valence-corrected chi connectivity index (χ1v) is 5.90.